The normalized spacial score (nSPS) is 25.9. The zero-order chi connectivity index (χ0) is 10.5. The highest BCUT2D eigenvalue weighted by Crippen LogP contribution is 2.38. The highest BCUT2D eigenvalue weighted by molar-refractivity contribution is 5.36. The Morgan fingerprint density at radius 3 is 2.71 bits per heavy atom. The van der Waals surface area contributed by atoms with E-state index in [1.54, 1.807) is 0 Å². The number of nitrogens with two attached hydrogens (primary N) is 1. The van der Waals surface area contributed by atoms with Crippen molar-refractivity contribution in [3.05, 3.63) is 17.0 Å². The van der Waals surface area contributed by atoms with Gasteiger partial charge in [-0.1, -0.05) is 20.8 Å². The highest BCUT2D eigenvalue weighted by atomic mass is 15.3. The van der Waals surface area contributed by atoms with Crippen molar-refractivity contribution in [2.24, 2.45) is 18.7 Å². The molecule has 1 heterocycles. The maximum absolute atomic E-state index is 6.19. The molecule has 1 aliphatic rings. The molecule has 3 heteroatoms. The lowest BCUT2D eigenvalue weighted by Crippen LogP contribution is -2.17. The van der Waals surface area contributed by atoms with Crippen LogP contribution < -0.4 is 5.73 Å². The van der Waals surface area contributed by atoms with Crippen LogP contribution in [0.4, 0.5) is 0 Å². The first kappa shape index (κ1) is 9.71. The largest absolute Gasteiger partial charge is 0.324 e. The second-order valence-electron chi connectivity index (χ2n) is 4.73. The monoisotopic (exact) mass is 193 g/mol. The molecular formula is C11H19N3. The fraction of sp³-hybridized carbons (Fsp3) is 0.727. The molecule has 78 valence electrons. The third-order valence-corrected chi connectivity index (χ3v) is 3.21. The van der Waals surface area contributed by atoms with Gasteiger partial charge in [0, 0.05) is 24.3 Å². The van der Waals surface area contributed by atoms with Gasteiger partial charge in [-0.25, -0.2) is 0 Å². The van der Waals surface area contributed by atoms with Crippen molar-refractivity contribution in [3.8, 4) is 0 Å². The van der Waals surface area contributed by atoms with Crippen LogP contribution in [-0.2, 0) is 13.5 Å². The van der Waals surface area contributed by atoms with Crippen molar-refractivity contribution in [2.45, 2.75) is 39.2 Å². The third kappa shape index (κ3) is 1.19. The van der Waals surface area contributed by atoms with Gasteiger partial charge < -0.3 is 5.73 Å². The van der Waals surface area contributed by atoms with Crippen LogP contribution in [0.3, 0.4) is 0 Å². The molecule has 0 saturated carbocycles. The summed E-state index contributed by atoms with van der Waals surface area (Å²) in [7, 11) is 2.02. The number of fused-ring (bicyclic) bond motifs is 1. The summed E-state index contributed by atoms with van der Waals surface area (Å²) in [5, 5.41) is 4.55. The summed E-state index contributed by atoms with van der Waals surface area (Å²) in [5.41, 5.74) is 10.0. The molecule has 0 spiro atoms. The Balaban J connectivity index is 2.53. The van der Waals surface area contributed by atoms with E-state index in [0.29, 0.717) is 11.8 Å². The molecular weight excluding hydrogens is 174 g/mol. The maximum Gasteiger partial charge on any atom is 0.0678 e. The van der Waals surface area contributed by atoms with E-state index in [4.69, 9.17) is 5.73 Å². The van der Waals surface area contributed by atoms with E-state index in [0.717, 1.165) is 6.42 Å². The van der Waals surface area contributed by atoms with Crippen molar-refractivity contribution >= 4 is 0 Å². The minimum Gasteiger partial charge on any atom is -0.324 e. The summed E-state index contributed by atoms with van der Waals surface area (Å²) in [5.74, 6) is 1.05. The summed E-state index contributed by atoms with van der Waals surface area (Å²) >= 11 is 0. The van der Waals surface area contributed by atoms with Gasteiger partial charge in [0.2, 0.25) is 0 Å². The van der Waals surface area contributed by atoms with Gasteiger partial charge in [-0.05, 0) is 18.3 Å². The number of hydrogen-bond acceptors (Lipinski definition) is 2. The second-order valence-corrected chi connectivity index (χ2v) is 4.73. The quantitative estimate of drug-likeness (QED) is 0.738. The smallest absolute Gasteiger partial charge is 0.0678 e. The molecule has 14 heavy (non-hydrogen) atoms. The number of nitrogens with zero attached hydrogens (tertiary/aromatic N) is 2. The maximum atomic E-state index is 6.19. The van der Waals surface area contributed by atoms with E-state index < -0.39 is 0 Å². The van der Waals surface area contributed by atoms with Gasteiger partial charge in [-0.2, -0.15) is 5.10 Å². The van der Waals surface area contributed by atoms with Gasteiger partial charge in [-0.3, -0.25) is 4.68 Å². The first-order valence-electron chi connectivity index (χ1n) is 5.33. The zero-order valence-corrected chi connectivity index (χ0v) is 9.41. The highest BCUT2D eigenvalue weighted by Gasteiger charge is 2.33. The molecule has 1 aromatic rings. The molecule has 0 radical (unpaired) electrons. The molecule has 1 aromatic heterocycles. The van der Waals surface area contributed by atoms with Crippen LogP contribution in [0.25, 0.3) is 0 Å². The minimum absolute atomic E-state index is 0.191. The molecule has 0 aromatic carbocycles. The van der Waals surface area contributed by atoms with Crippen molar-refractivity contribution < 1.29 is 0 Å². The number of rotatable bonds is 1. The fourth-order valence-electron chi connectivity index (χ4n) is 2.53. The predicted octanol–water partition coefficient (Wildman–Crippen LogP) is 1.74. The molecule has 0 amide bonds. The number of hydrogen-bond donors (Lipinski definition) is 1. The van der Waals surface area contributed by atoms with Crippen molar-refractivity contribution in [1.29, 1.82) is 0 Å². The lowest BCUT2D eigenvalue weighted by atomic mass is 9.98. The number of aryl methyl sites for hydroxylation is 1. The lowest BCUT2D eigenvalue weighted by molar-refractivity contribution is 0.492. The summed E-state index contributed by atoms with van der Waals surface area (Å²) in [6.07, 6.45) is 1.04. The molecule has 0 bridgehead atoms. The van der Waals surface area contributed by atoms with Crippen LogP contribution in [-0.4, -0.2) is 9.78 Å². The molecule has 0 saturated heterocycles. The van der Waals surface area contributed by atoms with Crippen LogP contribution in [0.2, 0.25) is 0 Å². The van der Waals surface area contributed by atoms with E-state index in [1.165, 1.54) is 17.0 Å². The Bertz CT molecular complexity index is 352. The van der Waals surface area contributed by atoms with E-state index in [1.807, 2.05) is 11.7 Å². The average molecular weight is 193 g/mol. The molecule has 0 aliphatic heterocycles. The van der Waals surface area contributed by atoms with Crippen LogP contribution in [0.1, 0.15) is 49.7 Å². The van der Waals surface area contributed by atoms with Crippen LogP contribution >= 0.6 is 0 Å². The molecule has 2 unspecified atom stereocenters. The Kier molecular flexibility index (Phi) is 2.14. The Hall–Kier alpha value is -0.830. The van der Waals surface area contributed by atoms with Gasteiger partial charge in [0.15, 0.2) is 0 Å². The lowest BCUT2D eigenvalue weighted by Gasteiger charge is -2.15. The van der Waals surface area contributed by atoms with Crippen molar-refractivity contribution in [3.63, 3.8) is 0 Å². The van der Waals surface area contributed by atoms with E-state index >= 15 is 0 Å². The van der Waals surface area contributed by atoms with Gasteiger partial charge in [0.1, 0.15) is 0 Å². The van der Waals surface area contributed by atoms with E-state index in [9.17, 15) is 0 Å². The Morgan fingerprint density at radius 2 is 2.14 bits per heavy atom. The standard InChI is InChI=1S/C11H19N3/c1-6(2)11-9-8(13-14(11)4)5-7(3)10(9)12/h6-7,10H,5,12H2,1-4H3. The van der Waals surface area contributed by atoms with Gasteiger partial charge >= 0.3 is 0 Å². The second kappa shape index (κ2) is 3.09. The first-order valence-corrected chi connectivity index (χ1v) is 5.33. The topological polar surface area (TPSA) is 43.8 Å². The fourth-order valence-corrected chi connectivity index (χ4v) is 2.53. The average Bonchev–Trinajstić information content (AvgIpc) is 2.51. The molecule has 1 aliphatic carbocycles. The minimum atomic E-state index is 0.191. The number of aromatic nitrogens is 2. The molecule has 0 fully saturated rings. The molecule has 2 atom stereocenters. The summed E-state index contributed by atoms with van der Waals surface area (Å²) < 4.78 is 2.00. The van der Waals surface area contributed by atoms with E-state index in [2.05, 4.69) is 25.9 Å². The van der Waals surface area contributed by atoms with E-state index in [-0.39, 0.29) is 6.04 Å². The first-order chi connectivity index (χ1) is 6.52. The van der Waals surface area contributed by atoms with Crippen LogP contribution in [0.5, 0.6) is 0 Å². The van der Waals surface area contributed by atoms with Crippen LogP contribution in [0, 0.1) is 5.92 Å². The molecule has 2 rings (SSSR count). The van der Waals surface area contributed by atoms with Gasteiger partial charge in [-0.15, -0.1) is 0 Å². The SMILES string of the molecule is CC(C)c1c2c(nn1C)CC(C)C2N. The predicted molar refractivity (Wildman–Crippen MR) is 57.1 cm³/mol. The van der Waals surface area contributed by atoms with Crippen molar-refractivity contribution in [2.75, 3.05) is 0 Å². The zero-order valence-electron chi connectivity index (χ0n) is 9.41. The Labute approximate surface area is 85.3 Å². The molecule has 2 N–H and O–H groups in total. The Morgan fingerprint density at radius 1 is 1.50 bits per heavy atom. The summed E-state index contributed by atoms with van der Waals surface area (Å²) in [4.78, 5) is 0. The molecule has 3 nitrogen and oxygen atoms in total. The third-order valence-electron chi connectivity index (χ3n) is 3.21. The van der Waals surface area contributed by atoms with Crippen molar-refractivity contribution in [1.82, 2.24) is 9.78 Å². The summed E-state index contributed by atoms with van der Waals surface area (Å²) in [6.45, 7) is 6.61. The summed E-state index contributed by atoms with van der Waals surface area (Å²) in [6, 6.07) is 0.191. The van der Waals surface area contributed by atoms with Gasteiger partial charge in [0.25, 0.3) is 0 Å². The van der Waals surface area contributed by atoms with Crippen LogP contribution in [0.15, 0.2) is 0 Å². The van der Waals surface area contributed by atoms with Gasteiger partial charge in [0.05, 0.1) is 5.69 Å².